The Bertz CT molecular complexity index is 127. The third-order valence-corrected chi connectivity index (χ3v) is 2.31. The second kappa shape index (κ2) is 2.75. The van der Waals surface area contributed by atoms with Crippen molar-refractivity contribution < 1.29 is 4.74 Å². The van der Waals surface area contributed by atoms with Crippen LogP contribution in [0.2, 0.25) is 0 Å². The summed E-state index contributed by atoms with van der Waals surface area (Å²) in [6, 6.07) is 0. The molecule has 0 aromatic carbocycles. The summed E-state index contributed by atoms with van der Waals surface area (Å²) >= 11 is 0. The molecule has 1 rings (SSSR count). The van der Waals surface area contributed by atoms with E-state index in [1.54, 1.807) is 0 Å². The van der Waals surface area contributed by atoms with Crippen LogP contribution in [0.15, 0.2) is 12.7 Å². The summed E-state index contributed by atoms with van der Waals surface area (Å²) in [6.45, 7) is 8.99. The monoisotopic (exact) mass is 140 g/mol. The molecule has 1 heteroatoms. The molecule has 0 bridgehead atoms. The van der Waals surface area contributed by atoms with Crippen molar-refractivity contribution in [2.75, 3.05) is 6.61 Å². The number of hydrogen-bond donors (Lipinski definition) is 0. The van der Waals surface area contributed by atoms with Gasteiger partial charge in [0.25, 0.3) is 0 Å². The van der Waals surface area contributed by atoms with Gasteiger partial charge in [0.2, 0.25) is 0 Å². The first kappa shape index (κ1) is 7.80. The van der Waals surface area contributed by atoms with Crippen LogP contribution in [0.25, 0.3) is 0 Å². The third kappa shape index (κ3) is 1.40. The van der Waals surface area contributed by atoms with Crippen LogP contribution in [-0.4, -0.2) is 12.2 Å². The highest BCUT2D eigenvalue weighted by Gasteiger charge is 2.30. The second-order valence-electron chi connectivity index (χ2n) is 3.44. The van der Waals surface area contributed by atoms with E-state index in [9.17, 15) is 0 Å². The zero-order valence-corrected chi connectivity index (χ0v) is 6.89. The van der Waals surface area contributed by atoms with Crippen molar-refractivity contribution in [3.05, 3.63) is 12.7 Å². The van der Waals surface area contributed by atoms with Gasteiger partial charge in [-0.3, -0.25) is 0 Å². The van der Waals surface area contributed by atoms with Crippen molar-refractivity contribution in [2.24, 2.45) is 5.92 Å². The van der Waals surface area contributed by atoms with E-state index in [4.69, 9.17) is 4.74 Å². The molecule has 0 aromatic rings. The highest BCUT2D eigenvalue weighted by Crippen LogP contribution is 2.30. The van der Waals surface area contributed by atoms with Gasteiger partial charge in [-0.15, -0.1) is 6.58 Å². The Kier molecular flexibility index (Phi) is 2.14. The van der Waals surface area contributed by atoms with Crippen LogP contribution in [0.3, 0.4) is 0 Å². The molecule has 58 valence electrons. The molecular formula is C9H16O. The van der Waals surface area contributed by atoms with E-state index in [1.165, 1.54) is 12.8 Å². The van der Waals surface area contributed by atoms with Crippen LogP contribution >= 0.6 is 0 Å². The molecule has 0 aliphatic carbocycles. The van der Waals surface area contributed by atoms with Crippen molar-refractivity contribution in [1.29, 1.82) is 0 Å². The fourth-order valence-electron chi connectivity index (χ4n) is 1.49. The van der Waals surface area contributed by atoms with Crippen LogP contribution in [0.4, 0.5) is 0 Å². The quantitative estimate of drug-likeness (QED) is 0.508. The van der Waals surface area contributed by atoms with E-state index < -0.39 is 0 Å². The van der Waals surface area contributed by atoms with Gasteiger partial charge in [-0.2, -0.15) is 0 Å². The van der Waals surface area contributed by atoms with Gasteiger partial charge in [0.05, 0.1) is 5.60 Å². The van der Waals surface area contributed by atoms with Gasteiger partial charge in [0.15, 0.2) is 0 Å². The molecule has 0 saturated carbocycles. The molecule has 1 heterocycles. The Labute approximate surface area is 63.1 Å². The highest BCUT2D eigenvalue weighted by molar-refractivity contribution is 4.93. The molecule has 0 N–H and O–H groups in total. The largest absolute Gasteiger partial charge is 0.375 e. The minimum atomic E-state index is 0.0278. The minimum Gasteiger partial charge on any atom is -0.375 e. The maximum absolute atomic E-state index is 5.60. The number of ether oxygens (including phenoxy) is 1. The maximum Gasteiger partial charge on any atom is 0.0688 e. The van der Waals surface area contributed by atoms with Gasteiger partial charge >= 0.3 is 0 Å². The van der Waals surface area contributed by atoms with E-state index in [1.807, 2.05) is 6.08 Å². The van der Waals surface area contributed by atoms with Crippen LogP contribution < -0.4 is 0 Å². The SMILES string of the molecule is C=CC1CCCOC1(C)C. The Balaban J connectivity index is 2.59. The molecule has 1 atom stereocenters. The predicted octanol–water partition coefficient (Wildman–Crippen LogP) is 2.38. The van der Waals surface area contributed by atoms with Crippen LogP contribution in [-0.2, 0) is 4.74 Å². The van der Waals surface area contributed by atoms with Crippen molar-refractivity contribution >= 4 is 0 Å². The van der Waals surface area contributed by atoms with Gasteiger partial charge in [-0.25, -0.2) is 0 Å². The molecule has 0 radical (unpaired) electrons. The van der Waals surface area contributed by atoms with Gasteiger partial charge < -0.3 is 4.74 Å². The Morgan fingerprint density at radius 1 is 1.60 bits per heavy atom. The number of rotatable bonds is 1. The van der Waals surface area contributed by atoms with Crippen molar-refractivity contribution in [2.45, 2.75) is 32.3 Å². The van der Waals surface area contributed by atoms with E-state index in [2.05, 4.69) is 20.4 Å². The molecule has 0 spiro atoms. The molecule has 1 saturated heterocycles. The molecule has 1 aliphatic heterocycles. The highest BCUT2D eigenvalue weighted by atomic mass is 16.5. The Morgan fingerprint density at radius 3 is 2.70 bits per heavy atom. The summed E-state index contributed by atoms with van der Waals surface area (Å²) in [5.41, 5.74) is 0.0278. The molecule has 10 heavy (non-hydrogen) atoms. The van der Waals surface area contributed by atoms with Crippen LogP contribution in [0.1, 0.15) is 26.7 Å². The van der Waals surface area contributed by atoms with E-state index in [0.717, 1.165) is 6.61 Å². The first-order valence-corrected chi connectivity index (χ1v) is 3.93. The predicted molar refractivity (Wildman–Crippen MR) is 43.0 cm³/mol. The van der Waals surface area contributed by atoms with Crippen molar-refractivity contribution in [3.8, 4) is 0 Å². The fourth-order valence-corrected chi connectivity index (χ4v) is 1.49. The summed E-state index contributed by atoms with van der Waals surface area (Å²) < 4.78 is 5.60. The van der Waals surface area contributed by atoms with Gasteiger partial charge in [0, 0.05) is 12.5 Å². The van der Waals surface area contributed by atoms with Gasteiger partial charge in [-0.1, -0.05) is 6.08 Å². The normalized spacial score (nSPS) is 31.6. The smallest absolute Gasteiger partial charge is 0.0688 e. The van der Waals surface area contributed by atoms with E-state index in [0.29, 0.717) is 5.92 Å². The lowest BCUT2D eigenvalue weighted by Gasteiger charge is -2.36. The summed E-state index contributed by atoms with van der Waals surface area (Å²) in [7, 11) is 0. The minimum absolute atomic E-state index is 0.0278. The third-order valence-electron chi connectivity index (χ3n) is 2.31. The molecule has 1 fully saturated rings. The first-order chi connectivity index (χ1) is 4.67. The van der Waals surface area contributed by atoms with Crippen molar-refractivity contribution in [3.63, 3.8) is 0 Å². The van der Waals surface area contributed by atoms with Gasteiger partial charge in [-0.05, 0) is 26.7 Å². The first-order valence-electron chi connectivity index (χ1n) is 3.93. The summed E-state index contributed by atoms with van der Waals surface area (Å²) in [4.78, 5) is 0. The lowest BCUT2D eigenvalue weighted by molar-refractivity contribution is -0.0784. The molecular weight excluding hydrogens is 124 g/mol. The summed E-state index contributed by atoms with van der Waals surface area (Å²) in [5, 5.41) is 0. The van der Waals surface area contributed by atoms with Crippen LogP contribution in [0, 0.1) is 5.92 Å². The zero-order valence-electron chi connectivity index (χ0n) is 6.89. The Morgan fingerprint density at radius 2 is 2.30 bits per heavy atom. The molecule has 1 nitrogen and oxygen atoms in total. The summed E-state index contributed by atoms with van der Waals surface area (Å²) in [6.07, 6.45) is 4.43. The number of hydrogen-bond acceptors (Lipinski definition) is 1. The van der Waals surface area contributed by atoms with E-state index >= 15 is 0 Å². The summed E-state index contributed by atoms with van der Waals surface area (Å²) in [5.74, 6) is 0.543. The average molecular weight is 140 g/mol. The average Bonchev–Trinajstić information content (AvgIpc) is 1.87. The topological polar surface area (TPSA) is 9.23 Å². The standard InChI is InChI=1S/C9H16O/c1-4-8-6-5-7-10-9(8,2)3/h4,8H,1,5-7H2,2-3H3. The molecule has 0 amide bonds. The van der Waals surface area contributed by atoms with Crippen molar-refractivity contribution in [1.82, 2.24) is 0 Å². The van der Waals surface area contributed by atoms with Crippen LogP contribution in [0.5, 0.6) is 0 Å². The lowest BCUT2D eigenvalue weighted by atomic mass is 9.85. The maximum atomic E-state index is 5.60. The Hall–Kier alpha value is -0.300. The van der Waals surface area contributed by atoms with Gasteiger partial charge in [0.1, 0.15) is 0 Å². The lowest BCUT2D eigenvalue weighted by Crippen LogP contribution is -2.37. The molecule has 1 unspecified atom stereocenters. The second-order valence-corrected chi connectivity index (χ2v) is 3.44. The zero-order chi connectivity index (χ0) is 7.61. The van der Waals surface area contributed by atoms with E-state index in [-0.39, 0.29) is 5.60 Å². The molecule has 1 aliphatic rings. The molecule has 0 aromatic heterocycles. The fraction of sp³-hybridized carbons (Fsp3) is 0.778.